The van der Waals surface area contributed by atoms with E-state index in [0.717, 1.165) is 11.1 Å². The Labute approximate surface area is 474 Å². The van der Waals surface area contributed by atoms with Crippen LogP contribution in [0, 0.1) is 30.6 Å². The zero-order valence-corrected chi connectivity index (χ0v) is 50.0. The minimum absolute atomic E-state index is 0.0148. The van der Waals surface area contributed by atoms with Crippen LogP contribution < -0.4 is 5.32 Å². The number of rotatable bonds is 41. The second-order valence-electron chi connectivity index (χ2n) is 19.7. The Bertz CT molecular complexity index is 2500. The van der Waals surface area contributed by atoms with Gasteiger partial charge in [0.2, 0.25) is 0 Å². The van der Waals surface area contributed by atoms with Gasteiger partial charge >= 0.3 is 17.9 Å². The van der Waals surface area contributed by atoms with E-state index in [-0.39, 0.29) is 86.6 Å². The maximum Gasteiger partial charge on any atom is 0.322 e. The fourth-order valence-electron chi connectivity index (χ4n) is 8.10. The fraction of sp³-hybridized carbons (Fsp3) is 0.589. The Hall–Kier alpha value is -4.69. The van der Waals surface area contributed by atoms with Gasteiger partial charge in [0.15, 0.2) is 25.5 Å². The van der Waals surface area contributed by atoms with E-state index < -0.39 is 81.9 Å². The first-order chi connectivity index (χ1) is 37.4. The molecule has 0 spiro atoms. The number of ketones is 1. The van der Waals surface area contributed by atoms with Crippen LogP contribution in [0.4, 0.5) is 0 Å². The molecule has 3 aromatic rings. The molecule has 0 radical (unpaired) electrons. The summed E-state index contributed by atoms with van der Waals surface area (Å²) in [5, 5.41) is 2.70. The number of hydrogen-bond donors (Lipinski definition) is 1. The molecule has 2 unspecified atom stereocenters. The summed E-state index contributed by atoms with van der Waals surface area (Å²) < 4.78 is 107. The van der Waals surface area contributed by atoms with Gasteiger partial charge in [-0.05, 0) is 97.7 Å². The van der Waals surface area contributed by atoms with Crippen LogP contribution in [-0.4, -0.2) is 182 Å². The van der Waals surface area contributed by atoms with Crippen LogP contribution >= 0.6 is 15.9 Å². The minimum Gasteiger partial charge on any atom is -0.466 e. The summed E-state index contributed by atoms with van der Waals surface area (Å²) in [5.41, 5.74) is -0.740. The molecule has 2 atom stereocenters. The summed E-state index contributed by atoms with van der Waals surface area (Å²) in [5.74, 6) is -6.12. The Balaban J connectivity index is 1.48. The SMILES string of the molecule is CCOC(=O)C(C)(C)CC(C)(CC(C)(Br)C(=O)OCCOCCOCCOCCOCCOCCOC)C(=O)OCCOCCNC(=O)c1ccc(C(=O)C(CS(=O)(=O)c2ccc(C)cc2)CS(=O)(=O)c2ccc(C)cc2)cc1. The van der Waals surface area contributed by atoms with Crippen LogP contribution in [0.25, 0.3) is 0 Å². The molecule has 3 rings (SSSR count). The number of Topliss-reactive ketones (excluding diaryl/α,β-unsaturated/α-hetero) is 1. The normalized spacial score (nSPS) is 13.5. The van der Waals surface area contributed by atoms with Crippen LogP contribution in [-0.2, 0) is 81.4 Å². The lowest BCUT2D eigenvalue weighted by Gasteiger charge is -2.37. The molecule has 1 N–H and O–H groups in total. The van der Waals surface area contributed by atoms with Crippen molar-refractivity contribution in [2.24, 2.45) is 16.7 Å². The van der Waals surface area contributed by atoms with Gasteiger partial charge in [0.1, 0.15) is 17.5 Å². The van der Waals surface area contributed by atoms with Crippen LogP contribution in [0.2, 0.25) is 0 Å². The highest BCUT2D eigenvalue weighted by Gasteiger charge is 2.50. The van der Waals surface area contributed by atoms with Gasteiger partial charge in [-0.25, -0.2) is 16.8 Å². The van der Waals surface area contributed by atoms with E-state index in [4.69, 9.17) is 47.4 Å². The number of methoxy groups -OCH3 is 1. The third-order valence-electron chi connectivity index (χ3n) is 12.1. The number of aryl methyl sites for hydroxylation is 2. The van der Waals surface area contributed by atoms with Gasteiger partial charge in [-0.3, -0.25) is 24.0 Å². The Morgan fingerprint density at radius 3 is 1.33 bits per heavy atom. The molecule has 442 valence electrons. The van der Waals surface area contributed by atoms with E-state index >= 15 is 0 Å². The lowest BCUT2D eigenvalue weighted by molar-refractivity contribution is -0.165. The maximum absolute atomic E-state index is 13.9. The molecule has 0 aliphatic rings. The molecule has 3 aromatic carbocycles. The lowest BCUT2D eigenvalue weighted by Crippen LogP contribution is -2.45. The zero-order chi connectivity index (χ0) is 58.5. The highest BCUT2D eigenvalue weighted by Crippen LogP contribution is 2.44. The maximum atomic E-state index is 13.9. The molecule has 0 heterocycles. The standard InChI is InChI=1S/C56H80BrNO19S2/c1-9-75-51(61)54(4,5)40-55(6,41-56(7,57)53(63)77-37-35-74-33-32-73-31-30-72-29-28-71-27-26-70-25-24-68-8)52(62)76-36-34-69-23-22-58-50(60)45-16-14-44(15-17-45)49(59)46(38-78(64,65)47-18-10-42(2)11-19-47)39-79(66,67)48-20-12-43(3)13-21-48/h10-21,46H,9,22-41H2,1-8H3,(H,58,60). The van der Waals surface area contributed by atoms with Crippen molar-refractivity contribution in [2.45, 2.75) is 75.4 Å². The van der Waals surface area contributed by atoms with E-state index in [2.05, 4.69) is 21.2 Å². The number of esters is 3. The first-order valence-electron chi connectivity index (χ1n) is 26.0. The number of hydrogen-bond acceptors (Lipinski definition) is 19. The Morgan fingerprint density at radius 1 is 0.506 bits per heavy atom. The van der Waals surface area contributed by atoms with Crippen LogP contribution in [0.3, 0.4) is 0 Å². The van der Waals surface area contributed by atoms with E-state index in [1.165, 1.54) is 48.5 Å². The third kappa shape index (κ3) is 24.9. The van der Waals surface area contributed by atoms with Gasteiger partial charge in [0, 0.05) is 24.8 Å². The van der Waals surface area contributed by atoms with E-state index in [9.17, 15) is 40.8 Å². The number of carbonyl (C=O) groups is 5. The van der Waals surface area contributed by atoms with Crippen molar-refractivity contribution in [3.05, 3.63) is 95.1 Å². The topological polar surface area (TPSA) is 258 Å². The van der Waals surface area contributed by atoms with Crippen molar-refractivity contribution in [3.63, 3.8) is 0 Å². The number of alkyl halides is 1. The quantitative estimate of drug-likeness (QED) is 0.0220. The fourth-order valence-corrected chi connectivity index (χ4v) is 12.1. The summed E-state index contributed by atoms with van der Waals surface area (Å²) in [6.45, 7) is 15.8. The number of benzene rings is 3. The Morgan fingerprint density at radius 2 is 0.899 bits per heavy atom. The summed E-state index contributed by atoms with van der Waals surface area (Å²) >= 11 is 3.47. The van der Waals surface area contributed by atoms with Crippen LogP contribution in [0.5, 0.6) is 0 Å². The smallest absolute Gasteiger partial charge is 0.322 e. The predicted octanol–water partition coefficient (Wildman–Crippen LogP) is 6.14. The van der Waals surface area contributed by atoms with Gasteiger partial charge in [-0.15, -0.1) is 0 Å². The molecule has 0 saturated heterocycles. The molecule has 23 heteroatoms. The second kappa shape index (κ2) is 34.6. The van der Waals surface area contributed by atoms with E-state index in [1.54, 1.807) is 79.8 Å². The molecule has 0 saturated carbocycles. The first-order valence-corrected chi connectivity index (χ1v) is 30.1. The van der Waals surface area contributed by atoms with Crippen molar-refractivity contribution in [3.8, 4) is 0 Å². The second-order valence-corrected chi connectivity index (χ2v) is 25.6. The van der Waals surface area contributed by atoms with Gasteiger partial charge in [-0.2, -0.15) is 0 Å². The van der Waals surface area contributed by atoms with Crippen molar-refractivity contribution in [1.29, 1.82) is 0 Å². The Kier molecular flexibility index (Phi) is 30.0. The average molecular weight is 1220 g/mol. The van der Waals surface area contributed by atoms with Crippen molar-refractivity contribution >= 4 is 65.2 Å². The molecule has 0 aromatic heterocycles. The van der Waals surface area contributed by atoms with E-state index in [0.29, 0.717) is 59.5 Å². The number of carbonyl (C=O) groups excluding carboxylic acids is 5. The van der Waals surface area contributed by atoms with Crippen LogP contribution in [0.15, 0.2) is 82.6 Å². The molecule has 0 aliphatic carbocycles. The number of sulfone groups is 2. The minimum atomic E-state index is -4.10. The largest absolute Gasteiger partial charge is 0.466 e. The molecule has 0 fully saturated rings. The molecule has 79 heavy (non-hydrogen) atoms. The highest BCUT2D eigenvalue weighted by atomic mass is 79.9. The summed E-state index contributed by atoms with van der Waals surface area (Å²) in [7, 11) is -6.60. The summed E-state index contributed by atoms with van der Waals surface area (Å²) in [6.07, 6.45) is -0.172. The van der Waals surface area contributed by atoms with Crippen molar-refractivity contribution < 1.29 is 88.2 Å². The van der Waals surface area contributed by atoms with E-state index in [1.807, 2.05) is 0 Å². The molecular formula is C56H80BrNO19S2. The first kappa shape index (κ1) is 68.6. The predicted molar refractivity (Wildman–Crippen MR) is 297 cm³/mol. The average Bonchev–Trinajstić information content (AvgIpc) is 3.41. The van der Waals surface area contributed by atoms with Gasteiger partial charge in [-0.1, -0.05) is 63.5 Å². The highest BCUT2D eigenvalue weighted by molar-refractivity contribution is 9.10. The number of halogens is 1. The molecular weight excluding hydrogens is 1130 g/mol. The number of nitrogens with one attached hydrogen (secondary N) is 1. The molecule has 1 amide bonds. The van der Waals surface area contributed by atoms with Crippen molar-refractivity contribution in [1.82, 2.24) is 5.32 Å². The molecule has 0 aliphatic heterocycles. The third-order valence-corrected chi connectivity index (χ3v) is 16.3. The van der Waals surface area contributed by atoms with Gasteiger partial charge < -0.3 is 52.7 Å². The van der Waals surface area contributed by atoms with Crippen LogP contribution in [0.1, 0.15) is 79.3 Å². The number of amides is 1. The molecule has 0 bridgehead atoms. The number of ether oxygens (including phenoxy) is 10. The molecule has 20 nitrogen and oxygen atoms in total. The van der Waals surface area contributed by atoms with Crippen molar-refractivity contribution in [2.75, 3.05) is 131 Å². The summed E-state index contributed by atoms with van der Waals surface area (Å²) in [4.78, 5) is 67.1. The summed E-state index contributed by atoms with van der Waals surface area (Å²) in [6, 6.07) is 17.5. The van der Waals surface area contributed by atoms with Gasteiger partial charge in [0.25, 0.3) is 5.91 Å². The lowest BCUT2D eigenvalue weighted by atomic mass is 9.69. The monoisotopic (exact) mass is 1210 g/mol. The van der Waals surface area contributed by atoms with Gasteiger partial charge in [0.05, 0.1) is 131 Å². The zero-order valence-electron chi connectivity index (χ0n) is 46.8.